The molecule has 0 heterocycles. The summed E-state index contributed by atoms with van der Waals surface area (Å²) in [6, 6.07) is 11.1. The highest BCUT2D eigenvalue weighted by atomic mass is 16.5. The van der Waals surface area contributed by atoms with Crippen molar-refractivity contribution >= 4 is 17.5 Å². The Bertz CT molecular complexity index is 1020. The maximum absolute atomic E-state index is 12.9. The van der Waals surface area contributed by atoms with Crippen LogP contribution in [-0.2, 0) is 4.79 Å². The Morgan fingerprint density at radius 2 is 1.67 bits per heavy atom. The minimum absolute atomic E-state index is 0.0132. The first-order chi connectivity index (χ1) is 16.0. The Balaban J connectivity index is 1.75. The molecular formula is C25H29N3O5. The molecule has 174 valence electrons. The van der Waals surface area contributed by atoms with Gasteiger partial charge in [0.1, 0.15) is 6.04 Å². The van der Waals surface area contributed by atoms with Crippen LogP contribution < -0.4 is 24.8 Å². The van der Waals surface area contributed by atoms with E-state index in [1.165, 1.54) is 27.8 Å². The van der Waals surface area contributed by atoms with Gasteiger partial charge in [0.15, 0.2) is 11.5 Å². The van der Waals surface area contributed by atoms with Gasteiger partial charge in [-0.3, -0.25) is 9.59 Å². The van der Waals surface area contributed by atoms with Crippen molar-refractivity contribution in [1.29, 1.82) is 5.26 Å². The van der Waals surface area contributed by atoms with Gasteiger partial charge >= 0.3 is 0 Å². The molecule has 0 radical (unpaired) electrons. The van der Waals surface area contributed by atoms with Gasteiger partial charge in [0.25, 0.3) is 5.91 Å². The maximum Gasteiger partial charge on any atom is 0.252 e. The SMILES string of the molecule is COc1cc(C(C#N)NC(=O)c2cccc(NC(=O)C3CCCCC3)c2)cc(OC)c1OC. The molecule has 33 heavy (non-hydrogen) atoms. The summed E-state index contributed by atoms with van der Waals surface area (Å²) in [5.41, 5.74) is 1.38. The topological polar surface area (TPSA) is 110 Å². The summed E-state index contributed by atoms with van der Waals surface area (Å²) in [6.45, 7) is 0. The van der Waals surface area contributed by atoms with Gasteiger partial charge < -0.3 is 24.8 Å². The molecule has 0 saturated heterocycles. The predicted molar refractivity (Wildman–Crippen MR) is 124 cm³/mol. The summed E-state index contributed by atoms with van der Waals surface area (Å²) in [5.74, 6) is 0.721. The van der Waals surface area contributed by atoms with Crippen molar-refractivity contribution in [3.63, 3.8) is 0 Å². The third-order valence-electron chi connectivity index (χ3n) is 5.79. The molecule has 1 aliphatic rings. The number of nitrogens with one attached hydrogen (secondary N) is 2. The third kappa shape index (κ3) is 5.75. The number of carbonyl (C=O) groups excluding carboxylic acids is 2. The number of benzene rings is 2. The van der Waals surface area contributed by atoms with Gasteiger partial charge in [-0.05, 0) is 48.7 Å². The molecule has 2 aromatic carbocycles. The van der Waals surface area contributed by atoms with E-state index in [1.54, 1.807) is 36.4 Å². The highest BCUT2D eigenvalue weighted by Crippen LogP contribution is 2.39. The summed E-state index contributed by atoms with van der Waals surface area (Å²) in [6.07, 6.45) is 5.09. The fourth-order valence-electron chi connectivity index (χ4n) is 4.02. The van der Waals surface area contributed by atoms with E-state index in [4.69, 9.17) is 14.2 Å². The smallest absolute Gasteiger partial charge is 0.252 e. The molecule has 0 spiro atoms. The van der Waals surface area contributed by atoms with Crippen LogP contribution in [0.25, 0.3) is 0 Å². The van der Waals surface area contributed by atoms with Crippen LogP contribution >= 0.6 is 0 Å². The second-order valence-electron chi connectivity index (χ2n) is 7.90. The molecule has 2 aromatic rings. The van der Waals surface area contributed by atoms with Crippen LogP contribution in [0.5, 0.6) is 17.2 Å². The van der Waals surface area contributed by atoms with Crippen molar-refractivity contribution in [2.24, 2.45) is 5.92 Å². The number of hydrogen-bond donors (Lipinski definition) is 2. The number of nitrogens with zero attached hydrogens (tertiary/aromatic N) is 1. The summed E-state index contributed by atoms with van der Waals surface area (Å²) in [4.78, 5) is 25.4. The predicted octanol–water partition coefficient (Wildman–Crippen LogP) is 4.23. The normalized spacial score (nSPS) is 14.5. The number of methoxy groups -OCH3 is 3. The van der Waals surface area contributed by atoms with Crippen LogP contribution in [0.1, 0.15) is 54.1 Å². The number of nitriles is 1. The van der Waals surface area contributed by atoms with E-state index in [9.17, 15) is 14.9 Å². The number of ether oxygens (including phenoxy) is 3. The molecule has 8 heteroatoms. The quantitative estimate of drug-likeness (QED) is 0.622. The Hall–Kier alpha value is -3.73. The van der Waals surface area contributed by atoms with Crippen LogP contribution in [-0.4, -0.2) is 33.1 Å². The van der Waals surface area contributed by atoms with E-state index in [0.29, 0.717) is 34.1 Å². The fourth-order valence-corrected chi connectivity index (χ4v) is 4.02. The van der Waals surface area contributed by atoms with Gasteiger partial charge in [0.2, 0.25) is 11.7 Å². The highest BCUT2D eigenvalue weighted by Gasteiger charge is 2.23. The zero-order chi connectivity index (χ0) is 23.8. The van der Waals surface area contributed by atoms with Crippen molar-refractivity contribution in [3.8, 4) is 23.3 Å². The Morgan fingerprint density at radius 3 is 2.24 bits per heavy atom. The van der Waals surface area contributed by atoms with E-state index < -0.39 is 11.9 Å². The Morgan fingerprint density at radius 1 is 1.00 bits per heavy atom. The lowest BCUT2D eigenvalue weighted by atomic mass is 9.88. The molecule has 1 atom stereocenters. The van der Waals surface area contributed by atoms with Crippen molar-refractivity contribution < 1.29 is 23.8 Å². The minimum atomic E-state index is -0.952. The minimum Gasteiger partial charge on any atom is -0.493 e. The number of rotatable bonds is 8. The van der Waals surface area contributed by atoms with Crippen LogP contribution in [0.4, 0.5) is 5.69 Å². The lowest BCUT2D eigenvalue weighted by molar-refractivity contribution is -0.120. The van der Waals surface area contributed by atoms with Crippen molar-refractivity contribution in [2.45, 2.75) is 38.1 Å². The Labute approximate surface area is 193 Å². The van der Waals surface area contributed by atoms with Gasteiger partial charge in [-0.1, -0.05) is 25.3 Å². The zero-order valence-corrected chi connectivity index (χ0v) is 19.1. The largest absolute Gasteiger partial charge is 0.493 e. The molecule has 1 fully saturated rings. The van der Waals surface area contributed by atoms with E-state index in [0.717, 1.165) is 25.7 Å². The first-order valence-electron chi connectivity index (χ1n) is 10.9. The van der Waals surface area contributed by atoms with Gasteiger partial charge in [0.05, 0.1) is 27.4 Å². The second-order valence-corrected chi connectivity index (χ2v) is 7.90. The lowest BCUT2D eigenvalue weighted by Gasteiger charge is -2.21. The maximum atomic E-state index is 12.9. The molecule has 1 saturated carbocycles. The molecular weight excluding hydrogens is 422 g/mol. The fraction of sp³-hybridized carbons (Fsp3) is 0.400. The van der Waals surface area contributed by atoms with Gasteiger partial charge in [-0.15, -0.1) is 0 Å². The molecule has 0 bridgehead atoms. The van der Waals surface area contributed by atoms with Crippen molar-refractivity contribution in [3.05, 3.63) is 47.5 Å². The monoisotopic (exact) mass is 451 g/mol. The van der Waals surface area contributed by atoms with Gasteiger partial charge in [-0.2, -0.15) is 5.26 Å². The van der Waals surface area contributed by atoms with Gasteiger partial charge in [0, 0.05) is 17.2 Å². The van der Waals surface area contributed by atoms with E-state index in [1.807, 2.05) is 0 Å². The molecule has 2 amide bonds. The number of amides is 2. The number of carbonyl (C=O) groups is 2. The van der Waals surface area contributed by atoms with Crippen LogP contribution in [0, 0.1) is 17.2 Å². The average Bonchev–Trinajstić information content (AvgIpc) is 2.86. The summed E-state index contributed by atoms with van der Waals surface area (Å²) in [5, 5.41) is 15.3. The molecule has 2 N–H and O–H groups in total. The summed E-state index contributed by atoms with van der Waals surface area (Å²) < 4.78 is 16.0. The third-order valence-corrected chi connectivity index (χ3v) is 5.79. The summed E-state index contributed by atoms with van der Waals surface area (Å²) >= 11 is 0. The van der Waals surface area contributed by atoms with E-state index in [-0.39, 0.29) is 11.8 Å². The van der Waals surface area contributed by atoms with E-state index in [2.05, 4.69) is 16.7 Å². The molecule has 1 unspecified atom stereocenters. The van der Waals surface area contributed by atoms with Gasteiger partial charge in [-0.25, -0.2) is 0 Å². The van der Waals surface area contributed by atoms with Crippen molar-refractivity contribution in [1.82, 2.24) is 5.32 Å². The second kappa shape index (κ2) is 11.2. The molecule has 1 aliphatic carbocycles. The number of hydrogen-bond acceptors (Lipinski definition) is 6. The molecule has 0 aliphatic heterocycles. The van der Waals surface area contributed by atoms with E-state index >= 15 is 0 Å². The first-order valence-corrected chi connectivity index (χ1v) is 10.9. The molecule has 3 rings (SSSR count). The Kier molecular flexibility index (Phi) is 8.14. The zero-order valence-electron chi connectivity index (χ0n) is 19.1. The summed E-state index contributed by atoms with van der Waals surface area (Å²) in [7, 11) is 4.45. The molecule has 8 nitrogen and oxygen atoms in total. The average molecular weight is 452 g/mol. The first kappa shape index (κ1) is 23.9. The standard InChI is InChI=1S/C25H29N3O5/c1-31-21-13-18(14-22(32-2)23(21)33-3)20(15-26)28-25(30)17-10-7-11-19(12-17)27-24(29)16-8-5-4-6-9-16/h7,10-14,16,20H,4-6,8-9H2,1-3H3,(H,27,29)(H,28,30). The lowest BCUT2D eigenvalue weighted by Crippen LogP contribution is -2.28. The highest BCUT2D eigenvalue weighted by molar-refractivity contribution is 5.98. The van der Waals surface area contributed by atoms with Crippen LogP contribution in [0.15, 0.2) is 36.4 Å². The number of anilines is 1. The van der Waals surface area contributed by atoms with Crippen LogP contribution in [0.3, 0.4) is 0 Å². The van der Waals surface area contributed by atoms with Crippen molar-refractivity contribution in [2.75, 3.05) is 26.6 Å². The van der Waals surface area contributed by atoms with Crippen LogP contribution in [0.2, 0.25) is 0 Å². The molecule has 0 aromatic heterocycles.